The second kappa shape index (κ2) is 70.3. The number of unbranched alkanes of at least 4 members (excludes halogenated alkanes) is 19. The van der Waals surface area contributed by atoms with Crippen molar-refractivity contribution in [2.75, 3.05) is 47.5 Å². The molecule has 0 aliphatic heterocycles. The minimum Gasteiger partial charge on any atom is -0.545 e. The highest BCUT2D eigenvalue weighted by Crippen LogP contribution is 2.16. The first kappa shape index (κ1) is 85.4. The van der Waals surface area contributed by atoms with Gasteiger partial charge >= 0.3 is 11.9 Å². The Bertz CT molecular complexity index is 2150. The highest BCUT2D eigenvalue weighted by atomic mass is 16.7. The van der Waals surface area contributed by atoms with Crippen LogP contribution in [-0.4, -0.2) is 82.3 Å². The number of carbonyl (C=O) groups is 3. The van der Waals surface area contributed by atoms with Crippen LogP contribution in [0.25, 0.3) is 0 Å². The third-order valence-electron chi connectivity index (χ3n) is 14.6. The van der Waals surface area contributed by atoms with E-state index in [0.717, 1.165) is 128 Å². The Balaban J connectivity index is 4.23. The predicted octanol–water partition coefficient (Wildman–Crippen LogP) is 21.5. The summed E-state index contributed by atoms with van der Waals surface area (Å²) < 4.78 is 22.7. The number of carboxylic acids is 1. The second-order valence-corrected chi connectivity index (χ2v) is 24.4. The number of aliphatic carboxylic acids is 1. The minimum atomic E-state index is -1.65. The van der Waals surface area contributed by atoms with E-state index in [1.54, 1.807) is 0 Å². The average molecular weight is 1260 g/mol. The molecule has 0 saturated heterocycles. The highest BCUT2D eigenvalue weighted by molar-refractivity contribution is 5.70. The van der Waals surface area contributed by atoms with Crippen molar-refractivity contribution in [3.63, 3.8) is 0 Å². The van der Waals surface area contributed by atoms with Gasteiger partial charge in [0, 0.05) is 12.8 Å². The van der Waals surface area contributed by atoms with Crippen LogP contribution in [-0.2, 0) is 33.3 Å². The maximum Gasteiger partial charge on any atom is 0.306 e. The number of likely N-dealkylation sites (N-methyl/N-ethyl adjacent to an activating group) is 1. The summed E-state index contributed by atoms with van der Waals surface area (Å²) in [4.78, 5) is 37.5. The predicted molar refractivity (Wildman–Crippen MR) is 388 cm³/mol. The van der Waals surface area contributed by atoms with Gasteiger partial charge in [-0.25, -0.2) is 0 Å². The quantitative estimate of drug-likeness (QED) is 0.0195. The van der Waals surface area contributed by atoms with E-state index in [0.29, 0.717) is 17.4 Å². The van der Waals surface area contributed by atoms with Crippen LogP contribution in [0.3, 0.4) is 0 Å². The van der Waals surface area contributed by atoms with Gasteiger partial charge < -0.3 is 33.3 Å². The van der Waals surface area contributed by atoms with E-state index in [4.69, 9.17) is 18.9 Å². The summed E-state index contributed by atoms with van der Waals surface area (Å²) in [5.74, 6) is -2.36. The second-order valence-electron chi connectivity index (χ2n) is 24.4. The van der Waals surface area contributed by atoms with Gasteiger partial charge in [-0.15, -0.1) is 0 Å². The molecule has 9 heteroatoms. The van der Waals surface area contributed by atoms with E-state index in [2.05, 4.69) is 196 Å². The van der Waals surface area contributed by atoms with Crippen molar-refractivity contribution in [2.24, 2.45) is 0 Å². The molecule has 0 heterocycles. The molecule has 0 aliphatic carbocycles. The topological polar surface area (TPSA) is 111 Å². The van der Waals surface area contributed by atoms with Gasteiger partial charge in [-0.2, -0.15) is 0 Å². The number of nitrogens with zero attached hydrogens (tertiary/aromatic N) is 1. The molecule has 0 aromatic heterocycles. The summed E-state index contributed by atoms with van der Waals surface area (Å²) >= 11 is 0. The number of carboxylic acid groups (broad SMARTS) is 1. The average Bonchev–Trinajstić information content (AvgIpc) is 3.46. The molecule has 0 amide bonds. The number of quaternary nitrogens is 1. The van der Waals surface area contributed by atoms with Gasteiger partial charge in [0.2, 0.25) is 0 Å². The first-order valence-electron chi connectivity index (χ1n) is 35.9. The number of hydrogen-bond donors (Lipinski definition) is 0. The third-order valence-corrected chi connectivity index (χ3v) is 14.6. The van der Waals surface area contributed by atoms with Gasteiger partial charge in [0.05, 0.1) is 40.3 Å². The van der Waals surface area contributed by atoms with Crippen molar-refractivity contribution in [1.29, 1.82) is 0 Å². The van der Waals surface area contributed by atoms with Crippen LogP contribution < -0.4 is 5.11 Å². The number of rotatable bonds is 64. The van der Waals surface area contributed by atoms with Gasteiger partial charge in [-0.1, -0.05) is 292 Å². The molecule has 0 spiro atoms. The van der Waals surface area contributed by atoms with Crippen molar-refractivity contribution < 1.29 is 42.9 Å². The minimum absolute atomic E-state index is 0.130. The van der Waals surface area contributed by atoms with E-state index >= 15 is 0 Å². The fraction of sp³-hybridized carbons (Fsp3) is 0.598. The van der Waals surface area contributed by atoms with Crippen LogP contribution in [0.1, 0.15) is 258 Å². The van der Waals surface area contributed by atoms with Crippen LogP contribution >= 0.6 is 0 Å². The number of allylic oxidation sites excluding steroid dienone is 30. The lowest BCUT2D eigenvalue weighted by Crippen LogP contribution is -2.44. The molecular weight excluding hydrogens is 1130 g/mol. The molecular formula is C82H131NO8. The molecule has 9 nitrogen and oxygen atoms in total. The fourth-order valence-electron chi connectivity index (χ4n) is 9.24. The van der Waals surface area contributed by atoms with Crippen molar-refractivity contribution in [3.05, 3.63) is 182 Å². The van der Waals surface area contributed by atoms with E-state index in [1.165, 1.54) is 96.3 Å². The van der Waals surface area contributed by atoms with Gasteiger partial charge in [0.15, 0.2) is 12.4 Å². The normalized spacial score (nSPS) is 13.8. The summed E-state index contributed by atoms with van der Waals surface area (Å²) in [6, 6.07) is 0. The molecule has 512 valence electrons. The molecule has 2 atom stereocenters. The maximum absolute atomic E-state index is 12.9. The molecule has 0 N–H and O–H groups in total. The molecule has 0 radical (unpaired) electrons. The van der Waals surface area contributed by atoms with Gasteiger partial charge in [-0.05, 0) is 135 Å². The zero-order chi connectivity index (χ0) is 66.1. The Morgan fingerprint density at radius 2 is 0.593 bits per heavy atom. The Hall–Kier alpha value is -5.61. The number of carbonyl (C=O) groups excluding carboxylic acids is 3. The molecule has 0 saturated carbocycles. The van der Waals surface area contributed by atoms with Crippen molar-refractivity contribution in [1.82, 2.24) is 0 Å². The lowest BCUT2D eigenvalue weighted by atomic mass is 10.0. The molecule has 0 aliphatic rings. The summed E-state index contributed by atoms with van der Waals surface area (Å²) in [6.45, 7) is 4.46. The largest absolute Gasteiger partial charge is 0.545 e. The molecule has 0 rings (SSSR count). The van der Waals surface area contributed by atoms with Crippen LogP contribution in [0.5, 0.6) is 0 Å². The third kappa shape index (κ3) is 71.7. The molecule has 91 heavy (non-hydrogen) atoms. The van der Waals surface area contributed by atoms with Crippen molar-refractivity contribution >= 4 is 17.9 Å². The van der Waals surface area contributed by atoms with Crippen LogP contribution in [0, 0.1) is 0 Å². The van der Waals surface area contributed by atoms with Crippen molar-refractivity contribution in [3.8, 4) is 0 Å². The van der Waals surface area contributed by atoms with E-state index < -0.39 is 24.3 Å². The van der Waals surface area contributed by atoms with E-state index in [1.807, 2.05) is 21.1 Å². The maximum atomic E-state index is 12.9. The number of ether oxygens (including phenoxy) is 4. The Kier molecular flexibility index (Phi) is 65.9. The zero-order valence-electron chi connectivity index (χ0n) is 58.4. The lowest BCUT2D eigenvalue weighted by Gasteiger charge is -2.26. The smallest absolute Gasteiger partial charge is 0.306 e. The Labute approximate surface area is 558 Å². The van der Waals surface area contributed by atoms with Crippen LogP contribution in [0.4, 0.5) is 0 Å². The Morgan fingerprint density at radius 3 is 0.901 bits per heavy atom. The van der Waals surface area contributed by atoms with Crippen LogP contribution in [0.2, 0.25) is 0 Å². The zero-order valence-corrected chi connectivity index (χ0v) is 58.4. The SMILES string of the molecule is CC/C=C\C/C=C\C/C=C\C/C=C\C/C=C\C/C=C\C/C=C\C/C=C\C/C=C\C/C=C\CCCCC(=O)OC(COC(=O)CCCCCCCCCCCCCCCCCCC/C=C\C/C=C\C/C=C\C/C=C\C/C=C\CC)COC(OCC[N+](C)(C)C)C(=O)[O-]. The van der Waals surface area contributed by atoms with E-state index in [-0.39, 0.29) is 38.6 Å². The monoisotopic (exact) mass is 1260 g/mol. The first-order valence-corrected chi connectivity index (χ1v) is 35.9. The molecule has 0 aromatic rings. The summed E-state index contributed by atoms with van der Waals surface area (Å²) in [6.07, 6.45) is 104. The standard InChI is InChI=1S/C82H131NO8/c1-6-8-10-12-14-16-18-20-22-24-26-28-30-32-34-36-38-40-42-44-46-48-50-52-54-56-58-60-62-64-66-68-70-72-79(84)89-76-78(77-90-82(81(86)87)88-75-74-83(3,4)5)91-80(85)73-71-69-67-65-63-61-59-57-55-53-51-49-47-45-43-41-39-37-35-33-31-29-27-25-23-21-19-17-15-13-11-9-7-2/h8-11,14-17,20-23,26-29,32-35,39,41,45,47,51,53,57,59,63,65,78,82H,6-7,12-13,18-19,24-25,30-31,36-38,40,42-44,46,48-50,52,54-56,58,60-62,64,66-77H2,1-5H3/b10-8-,11-9-,16-14-,17-15-,22-20-,23-21-,28-26-,29-27-,34-32-,35-33-,41-39-,47-45-,53-51-,59-57-,65-63-. The summed E-state index contributed by atoms with van der Waals surface area (Å²) in [5.41, 5.74) is 0. The van der Waals surface area contributed by atoms with Gasteiger partial charge in [-0.3, -0.25) is 9.59 Å². The number of hydrogen-bond acceptors (Lipinski definition) is 8. The molecule has 0 fully saturated rings. The number of esters is 2. The van der Waals surface area contributed by atoms with Crippen molar-refractivity contribution in [2.45, 2.75) is 270 Å². The molecule has 2 unspecified atom stereocenters. The van der Waals surface area contributed by atoms with Gasteiger partial charge in [0.25, 0.3) is 0 Å². The summed E-state index contributed by atoms with van der Waals surface area (Å²) in [5, 5.41) is 11.8. The van der Waals surface area contributed by atoms with Crippen LogP contribution in [0.15, 0.2) is 182 Å². The fourth-order valence-corrected chi connectivity index (χ4v) is 9.24. The molecule has 0 aromatic carbocycles. The summed E-state index contributed by atoms with van der Waals surface area (Å²) in [7, 11) is 5.90. The molecule has 0 bridgehead atoms. The van der Waals surface area contributed by atoms with E-state index in [9.17, 15) is 19.5 Å². The first-order chi connectivity index (χ1) is 44.6. The Morgan fingerprint density at radius 1 is 0.330 bits per heavy atom. The van der Waals surface area contributed by atoms with Gasteiger partial charge in [0.1, 0.15) is 13.2 Å². The highest BCUT2D eigenvalue weighted by Gasteiger charge is 2.22. The lowest BCUT2D eigenvalue weighted by molar-refractivity contribution is -0.870.